The van der Waals surface area contributed by atoms with Gasteiger partial charge in [0.2, 0.25) is 11.8 Å². The second-order valence-electron chi connectivity index (χ2n) is 12.4. The molecule has 42 heavy (non-hydrogen) atoms. The van der Waals surface area contributed by atoms with Crippen molar-refractivity contribution in [3.05, 3.63) is 106 Å². The minimum absolute atomic E-state index is 0.198. The quantitative estimate of drug-likeness (QED) is 0.451. The van der Waals surface area contributed by atoms with Crippen molar-refractivity contribution in [2.45, 2.75) is 50.9 Å². The third kappa shape index (κ3) is 4.92. The van der Waals surface area contributed by atoms with Crippen molar-refractivity contribution in [1.29, 1.82) is 0 Å². The highest BCUT2D eigenvalue weighted by Gasteiger charge is 2.46. The summed E-state index contributed by atoms with van der Waals surface area (Å²) in [6.45, 7) is 4.70. The summed E-state index contributed by atoms with van der Waals surface area (Å²) in [7, 11) is 0. The summed E-state index contributed by atoms with van der Waals surface area (Å²) in [6.07, 6.45) is 2.72. The van der Waals surface area contributed by atoms with Gasteiger partial charge in [-0.25, -0.2) is 4.39 Å². The van der Waals surface area contributed by atoms with Crippen LogP contribution in [-0.2, 0) is 22.7 Å². The lowest BCUT2D eigenvalue weighted by Crippen LogP contribution is -2.60. The van der Waals surface area contributed by atoms with Crippen LogP contribution in [0.5, 0.6) is 0 Å². The Labute approximate surface area is 245 Å². The maximum absolute atomic E-state index is 15.2. The molecule has 216 valence electrons. The van der Waals surface area contributed by atoms with Crippen molar-refractivity contribution in [2.24, 2.45) is 5.41 Å². The van der Waals surface area contributed by atoms with E-state index >= 15 is 4.39 Å². The number of carbonyl (C=O) groups is 3. The monoisotopic (exact) mass is 566 g/mol. The molecule has 0 aliphatic carbocycles. The molecule has 3 aromatic rings. The van der Waals surface area contributed by atoms with E-state index in [0.717, 1.165) is 44.6 Å². The number of nitrogens with one attached hydrogen (secondary N) is 1. The van der Waals surface area contributed by atoms with Crippen LogP contribution in [0.3, 0.4) is 0 Å². The Hall–Kier alpha value is -3.88. The van der Waals surface area contributed by atoms with Gasteiger partial charge >= 0.3 is 0 Å². The van der Waals surface area contributed by atoms with E-state index in [-0.39, 0.29) is 42.1 Å². The molecule has 4 aliphatic rings. The zero-order valence-corrected chi connectivity index (χ0v) is 23.6. The Morgan fingerprint density at radius 2 is 1.55 bits per heavy atom. The Kier molecular flexibility index (Phi) is 6.91. The van der Waals surface area contributed by atoms with E-state index < -0.39 is 11.9 Å². The number of likely N-dealkylation sites (tertiary alicyclic amines) is 2. The number of carbonyl (C=O) groups excluding carboxylic acids is 3. The van der Waals surface area contributed by atoms with Crippen LogP contribution in [0, 0.1) is 11.2 Å². The number of benzene rings is 3. The zero-order valence-electron chi connectivity index (χ0n) is 23.6. The maximum Gasteiger partial charge on any atom is 0.255 e. The van der Waals surface area contributed by atoms with Gasteiger partial charge in [0, 0.05) is 43.7 Å². The molecule has 4 aliphatic heterocycles. The number of amides is 3. The molecule has 0 aromatic heterocycles. The Balaban J connectivity index is 0.986. The first-order valence-corrected chi connectivity index (χ1v) is 14.9. The lowest BCUT2D eigenvalue weighted by Gasteiger charge is -2.55. The number of rotatable bonds is 6. The zero-order chi connectivity index (χ0) is 28.8. The molecule has 8 heteroatoms. The molecule has 0 radical (unpaired) electrons. The van der Waals surface area contributed by atoms with Crippen LogP contribution in [-0.4, -0.2) is 64.6 Å². The molecule has 1 spiro atoms. The highest BCUT2D eigenvalue weighted by molar-refractivity contribution is 6.05. The number of halogens is 1. The van der Waals surface area contributed by atoms with E-state index in [1.54, 1.807) is 6.07 Å². The first kappa shape index (κ1) is 27.0. The molecule has 1 unspecified atom stereocenters. The fourth-order valence-corrected chi connectivity index (χ4v) is 7.47. The third-order valence-electron chi connectivity index (χ3n) is 9.66. The normalized spacial score (nSPS) is 22.4. The average Bonchev–Trinajstić information content (AvgIpc) is 3.29. The van der Waals surface area contributed by atoms with Gasteiger partial charge in [0.25, 0.3) is 5.91 Å². The molecule has 3 aromatic carbocycles. The lowest BCUT2D eigenvalue weighted by molar-refractivity contribution is -0.136. The van der Waals surface area contributed by atoms with E-state index in [1.165, 1.54) is 22.1 Å². The van der Waals surface area contributed by atoms with Crippen LogP contribution >= 0.6 is 0 Å². The smallest absolute Gasteiger partial charge is 0.255 e. The summed E-state index contributed by atoms with van der Waals surface area (Å²) in [4.78, 5) is 43.3. The fraction of sp³-hybridized carbons (Fsp3) is 0.382. The standard InChI is InChI=1S/C34H35FN4O3/c35-28-18-27-25(20-39(33(27)42)29-11-12-30(40)36-32(29)41)17-26(28)19-37-21-34(22-37)13-15-38(16-14-34)31(23-7-3-1-4-8-23)24-9-5-2-6-10-24/h1-10,17-18,29,31H,11-16,19-22H2,(H,36,40,41). The molecule has 3 saturated heterocycles. The van der Waals surface area contributed by atoms with Gasteiger partial charge < -0.3 is 4.90 Å². The molecule has 3 fully saturated rings. The first-order chi connectivity index (χ1) is 20.4. The van der Waals surface area contributed by atoms with Crippen molar-refractivity contribution in [3.8, 4) is 0 Å². The van der Waals surface area contributed by atoms with Gasteiger partial charge in [-0.2, -0.15) is 0 Å². The van der Waals surface area contributed by atoms with Crippen LogP contribution in [0.25, 0.3) is 0 Å². The van der Waals surface area contributed by atoms with Crippen LogP contribution in [0.2, 0.25) is 0 Å². The Morgan fingerprint density at radius 1 is 0.905 bits per heavy atom. The van der Waals surface area contributed by atoms with Gasteiger partial charge in [0.1, 0.15) is 11.9 Å². The van der Waals surface area contributed by atoms with Crippen molar-refractivity contribution in [1.82, 2.24) is 20.0 Å². The summed E-state index contributed by atoms with van der Waals surface area (Å²) in [5.41, 5.74) is 4.55. The van der Waals surface area contributed by atoms with E-state index in [1.807, 2.05) is 0 Å². The predicted octanol–water partition coefficient (Wildman–Crippen LogP) is 4.27. The number of hydrogen-bond donors (Lipinski definition) is 1. The molecule has 0 bridgehead atoms. The van der Waals surface area contributed by atoms with E-state index in [0.29, 0.717) is 24.1 Å². The molecular formula is C34H35FN4O3. The van der Waals surface area contributed by atoms with Crippen molar-refractivity contribution in [2.75, 3.05) is 26.2 Å². The molecule has 7 rings (SSSR count). The highest BCUT2D eigenvalue weighted by atomic mass is 19.1. The third-order valence-corrected chi connectivity index (χ3v) is 9.66. The second-order valence-corrected chi connectivity index (χ2v) is 12.4. The number of nitrogens with zero attached hydrogens (tertiary/aromatic N) is 3. The van der Waals surface area contributed by atoms with Crippen molar-refractivity contribution < 1.29 is 18.8 Å². The summed E-state index contributed by atoms with van der Waals surface area (Å²) in [5.74, 6) is -1.50. The molecular weight excluding hydrogens is 531 g/mol. The lowest BCUT2D eigenvalue weighted by atomic mass is 9.71. The molecule has 0 saturated carbocycles. The minimum atomic E-state index is -0.696. The predicted molar refractivity (Wildman–Crippen MR) is 156 cm³/mol. The van der Waals surface area contributed by atoms with Gasteiger partial charge in [-0.15, -0.1) is 0 Å². The Morgan fingerprint density at radius 3 is 2.17 bits per heavy atom. The number of fused-ring (bicyclic) bond motifs is 1. The number of hydrogen-bond acceptors (Lipinski definition) is 5. The molecule has 3 amide bonds. The first-order valence-electron chi connectivity index (χ1n) is 14.9. The van der Waals surface area contributed by atoms with Gasteiger partial charge in [0.15, 0.2) is 0 Å². The van der Waals surface area contributed by atoms with Crippen molar-refractivity contribution in [3.63, 3.8) is 0 Å². The van der Waals surface area contributed by atoms with E-state index in [9.17, 15) is 14.4 Å². The summed E-state index contributed by atoms with van der Waals surface area (Å²) < 4.78 is 15.2. The molecule has 1 N–H and O–H groups in total. The average molecular weight is 567 g/mol. The number of imide groups is 1. The van der Waals surface area contributed by atoms with Crippen LogP contribution in [0.1, 0.15) is 64.3 Å². The summed E-state index contributed by atoms with van der Waals surface area (Å²) >= 11 is 0. The van der Waals surface area contributed by atoms with E-state index in [2.05, 4.69) is 75.8 Å². The number of piperidine rings is 2. The van der Waals surface area contributed by atoms with Crippen molar-refractivity contribution >= 4 is 17.7 Å². The van der Waals surface area contributed by atoms with Crippen LogP contribution in [0.15, 0.2) is 72.8 Å². The molecule has 4 heterocycles. The summed E-state index contributed by atoms with van der Waals surface area (Å²) in [6, 6.07) is 24.1. The maximum atomic E-state index is 15.2. The fourth-order valence-electron chi connectivity index (χ4n) is 7.47. The molecule has 1 atom stereocenters. The SMILES string of the molecule is O=C1CCC(N2Cc3cc(CN4CC5(CCN(C(c6ccccc6)c6ccccc6)CC5)C4)c(F)cc3C2=O)C(=O)N1. The Bertz CT molecular complexity index is 1470. The van der Waals surface area contributed by atoms with Crippen LogP contribution in [0.4, 0.5) is 4.39 Å². The van der Waals surface area contributed by atoms with Gasteiger partial charge in [0.05, 0.1) is 6.04 Å². The molecule has 7 nitrogen and oxygen atoms in total. The minimum Gasteiger partial charge on any atom is -0.322 e. The van der Waals surface area contributed by atoms with Crippen LogP contribution < -0.4 is 5.32 Å². The van der Waals surface area contributed by atoms with Gasteiger partial charge in [-0.3, -0.25) is 29.5 Å². The van der Waals surface area contributed by atoms with Gasteiger partial charge in [-0.1, -0.05) is 60.7 Å². The summed E-state index contributed by atoms with van der Waals surface area (Å²) in [5, 5.41) is 2.32. The largest absolute Gasteiger partial charge is 0.322 e. The van der Waals surface area contributed by atoms with Gasteiger partial charge in [-0.05, 0) is 66.6 Å². The van der Waals surface area contributed by atoms with E-state index in [4.69, 9.17) is 0 Å². The highest BCUT2D eigenvalue weighted by Crippen LogP contribution is 2.44. The second kappa shape index (κ2) is 10.7. The topological polar surface area (TPSA) is 73.0 Å².